The molecular formula is C26H25N5O3S2. The molecule has 4 aromatic rings. The van der Waals surface area contributed by atoms with Crippen LogP contribution in [-0.4, -0.2) is 28.1 Å². The Balaban J connectivity index is 1.37. The van der Waals surface area contributed by atoms with Crippen molar-refractivity contribution >= 4 is 40.5 Å². The molecule has 5 N–H and O–H groups in total. The molecule has 0 radical (unpaired) electrons. The first-order valence-electron chi connectivity index (χ1n) is 11.2. The smallest absolute Gasteiger partial charge is 0.253 e. The molecule has 2 amide bonds. The van der Waals surface area contributed by atoms with E-state index in [1.807, 2.05) is 60.7 Å². The lowest BCUT2D eigenvalue weighted by atomic mass is 10.0. The summed E-state index contributed by atoms with van der Waals surface area (Å²) in [6.07, 6.45) is 0.300. The number of rotatable bonds is 10. The van der Waals surface area contributed by atoms with Crippen LogP contribution < -0.4 is 21.1 Å². The van der Waals surface area contributed by atoms with Gasteiger partial charge in [-0.15, -0.1) is 5.10 Å². The Morgan fingerprint density at radius 1 is 0.944 bits per heavy atom. The normalized spacial score (nSPS) is 12.4. The lowest BCUT2D eigenvalue weighted by molar-refractivity contribution is -0.127. The molecule has 2 atom stereocenters. The van der Waals surface area contributed by atoms with Gasteiger partial charge in [-0.2, -0.15) is 0 Å². The number of nitrogens with one attached hydrogen (secondary N) is 3. The summed E-state index contributed by atoms with van der Waals surface area (Å²) in [5.41, 5.74) is 8.78. The van der Waals surface area contributed by atoms with E-state index in [0.717, 1.165) is 28.2 Å². The highest BCUT2D eigenvalue weighted by molar-refractivity contribution is 7.73. The highest BCUT2D eigenvalue weighted by atomic mass is 32.1. The van der Waals surface area contributed by atoms with Crippen LogP contribution in [0.3, 0.4) is 0 Å². The number of carbonyl (C=O) groups excluding carboxylic acids is 2. The van der Waals surface area contributed by atoms with Crippen molar-refractivity contribution in [3.8, 4) is 5.75 Å². The van der Waals surface area contributed by atoms with E-state index >= 15 is 0 Å². The first kappa shape index (κ1) is 25.2. The van der Waals surface area contributed by atoms with Crippen LogP contribution in [0.1, 0.15) is 22.7 Å². The fourth-order valence-electron chi connectivity index (χ4n) is 3.47. The average Bonchev–Trinajstić information content (AvgIpc) is 3.31. The van der Waals surface area contributed by atoms with Crippen LogP contribution in [-0.2, 0) is 22.6 Å². The molecule has 0 aliphatic carbocycles. The maximum Gasteiger partial charge on any atom is 0.253 e. The zero-order chi connectivity index (χ0) is 25.3. The second-order valence-corrected chi connectivity index (χ2v) is 9.65. The number of ether oxygens (including phenoxy) is 1. The molecule has 8 nitrogen and oxygen atoms in total. The van der Waals surface area contributed by atoms with Gasteiger partial charge in [-0.1, -0.05) is 84.1 Å². The summed E-state index contributed by atoms with van der Waals surface area (Å²) in [6, 6.07) is 24.5. The number of carbonyl (C=O) groups is 2. The third-order valence-electron chi connectivity index (χ3n) is 5.31. The molecule has 0 aliphatic rings. The van der Waals surface area contributed by atoms with Crippen LogP contribution in [0.25, 0.3) is 0 Å². The number of nitrogens with two attached hydrogens (primary N) is 1. The predicted octanol–water partition coefficient (Wildman–Crippen LogP) is 4.15. The number of aromatic nitrogens is 2. The molecule has 0 fully saturated rings. The van der Waals surface area contributed by atoms with Crippen molar-refractivity contribution in [3.63, 3.8) is 0 Å². The molecule has 3 aromatic carbocycles. The molecule has 4 rings (SSSR count). The van der Waals surface area contributed by atoms with Crippen molar-refractivity contribution in [1.82, 2.24) is 15.5 Å². The van der Waals surface area contributed by atoms with Crippen molar-refractivity contribution in [1.29, 1.82) is 0 Å². The molecule has 1 unspecified atom stereocenters. The van der Waals surface area contributed by atoms with E-state index in [0.29, 0.717) is 27.7 Å². The van der Waals surface area contributed by atoms with Crippen LogP contribution >= 0.6 is 23.6 Å². The topological polar surface area (TPSA) is 122 Å². The molecule has 36 heavy (non-hydrogen) atoms. The molecule has 0 bridgehead atoms. The van der Waals surface area contributed by atoms with E-state index in [9.17, 15) is 9.59 Å². The van der Waals surface area contributed by atoms with Gasteiger partial charge in [-0.05, 0) is 47.5 Å². The fourth-order valence-corrected chi connectivity index (χ4v) is 4.26. The van der Waals surface area contributed by atoms with Crippen molar-refractivity contribution < 1.29 is 14.3 Å². The molecule has 1 heterocycles. The Morgan fingerprint density at radius 3 is 2.25 bits per heavy atom. The highest BCUT2D eigenvalue weighted by Gasteiger charge is 2.26. The van der Waals surface area contributed by atoms with E-state index in [1.165, 1.54) is 0 Å². The lowest BCUT2D eigenvalue weighted by Crippen LogP contribution is -2.46. The molecule has 1 aromatic heterocycles. The van der Waals surface area contributed by atoms with Gasteiger partial charge >= 0.3 is 0 Å². The lowest BCUT2D eigenvalue weighted by Gasteiger charge is -2.20. The Labute approximate surface area is 217 Å². The number of nitrogens with zero attached hydrogens (tertiary/aromatic N) is 1. The quantitative estimate of drug-likeness (QED) is 0.234. The predicted molar refractivity (Wildman–Crippen MR) is 142 cm³/mol. The second kappa shape index (κ2) is 12.2. The number of benzene rings is 3. The van der Waals surface area contributed by atoms with Gasteiger partial charge < -0.3 is 15.8 Å². The number of anilines is 1. The van der Waals surface area contributed by atoms with Crippen LogP contribution in [0, 0.1) is 3.95 Å². The van der Waals surface area contributed by atoms with E-state index in [-0.39, 0.29) is 0 Å². The number of amides is 2. The summed E-state index contributed by atoms with van der Waals surface area (Å²) in [5.74, 6) is -0.166. The first-order chi connectivity index (χ1) is 17.5. The number of H-pyrrole nitrogens is 1. The van der Waals surface area contributed by atoms with Gasteiger partial charge in [0.25, 0.3) is 5.91 Å². The Hall–Kier alpha value is -3.86. The monoisotopic (exact) mass is 519 g/mol. The maximum atomic E-state index is 13.0. The minimum atomic E-state index is -0.948. The molecule has 0 aliphatic heterocycles. The summed E-state index contributed by atoms with van der Waals surface area (Å²) in [4.78, 5) is 25.9. The van der Waals surface area contributed by atoms with E-state index in [2.05, 4.69) is 20.8 Å². The van der Waals surface area contributed by atoms with Crippen molar-refractivity contribution in [3.05, 3.63) is 106 Å². The SMILES string of the molecule is N[C@@H](Cc1ccc(OCc2ccccc2)cc1)C(=O)NC(C(=O)Nc1n[nH]c(=S)s1)c1ccccc1. The summed E-state index contributed by atoms with van der Waals surface area (Å²) < 4.78 is 6.24. The van der Waals surface area contributed by atoms with Crippen molar-refractivity contribution in [2.75, 3.05) is 5.32 Å². The van der Waals surface area contributed by atoms with Crippen LogP contribution in [0.4, 0.5) is 5.13 Å². The number of hydrogen-bond acceptors (Lipinski definition) is 7. The summed E-state index contributed by atoms with van der Waals surface area (Å²) in [7, 11) is 0. The second-order valence-electron chi connectivity index (χ2n) is 7.99. The molecule has 184 valence electrons. The van der Waals surface area contributed by atoms with Crippen LogP contribution in [0.2, 0.25) is 0 Å². The van der Waals surface area contributed by atoms with Gasteiger partial charge in [0.05, 0.1) is 6.04 Å². The minimum absolute atomic E-state index is 0.300. The van der Waals surface area contributed by atoms with E-state index < -0.39 is 23.9 Å². The van der Waals surface area contributed by atoms with Gasteiger partial charge in [0.15, 0.2) is 3.95 Å². The molecular weight excluding hydrogens is 494 g/mol. The summed E-state index contributed by atoms with van der Waals surface area (Å²) in [5, 5.41) is 12.3. The fraction of sp³-hybridized carbons (Fsp3) is 0.154. The minimum Gasteiger partial charge on any atom is -0.489 e. The van der Waals surface area contributed by atoms with Gasteiger partial charge in [0.1, 0.15) is 18.4 Å². The number of hydrogen-bond donors (Lipinski definition) is 4. The third kappa shape index (κ3) is 7.08. The van der Waals surface area contributed by atoms with Crippen molar-refractivity contribution in [2.24, 2.45) is 5.73 Å². The van der Waals surface area contributed by atoms with Gasteiger partial charge in [-0.25, -0.2) is 0 Å². The summed E-state index contributed by atoms with van der Waals surface area (Å²) >= 11 is 6.14. The number of aromatic amines is 1. The molecule has 0 saturated carbocycles. The summed E-state index contributed by atoms with van der Waals surface area (Å²) in [6.45, 7) is 0.470. The van der Waals surface area contributed by atoms with Crippen LogP contribution in [0.5, 0.6) is 5.75 Å². The zero-order valence-corrected chi connectivity index (χ0v) is 20.9. The van der Waals surface area contributed by atoms with Crippen LogP contribution in [0.15, 0.2) is 84.9 Å². The molecule has 10 heteroatoms. The van der Waals surface area contributed by atoms with Gasteiger partial charge in [-0.3, -0.25) is 20.0 Å². The molecule has 0 saturated heterocycles. The van der Waals surface area contributed by atoms with Gasteiger partial charge in [0.2, 0.25) is 11.0 Å². The Bertz CT molecular complexity index is 1340. The standard InChI is InChI=1S/C26H25N5O3S2/c27-21(15-17-11-13-20(14-12-17)34-16-18-7-3-1-4-8-18)23(32)28-22(19-9-5-2-6-10-19)24(33)29-25-30-31-26(35)36-25/h1-14,21-22H,15-16,27H2,(H,28,32)(H,31,35)(H,29,30,33)/t21-,22?/m0/s1. The van der Waals surface area contributed by atoms with Crippen molar-refractivity contribution in [2.45, 2.75) is 25.1 Å². The van der Waals surface area contributed by atoms with E-state index in [1.54, 1.807) is 24.3 Å². The average molecular weight is 520 g/mol. The first-order valence-corrected chi connectivity index (χ1v) is 12.4. The highest BCUT2D eigenvalue weighted by Crippen LogP contribution is 2.19. The molecule has 0 spiro atoms. The van der Waals surface area contributed by atoms with E-state index in [4.69, 9.17) is 22.7 Å². The zero-order valence-electron chi connectivity index (χ0n) is 19.2. The van der Waals surface area contributed by atoms with Gasteiger partial charge in [0, 0.05) is 0 Å². The Morgan fingerprint density at radius 2 is 1.61 bits per heavy atom. The largest absolute Gasteiger partial charge is 0.489 e. The Kier molecular flexibility index (Phi) is 8.56. The third-order valence-corrected chi connectivity index (χ3v) is 6.32. The maximum absolute atomic E-state index is 13.0.